The normalized spacial score (nSPS) is 20.8. The van der Waals surface area contributed by atoms with Gasteiger partial charge in [0.1, 0.15) is 11.2 Å². The van der Waals surface area contributed by atoms with E-state index in [0.29, 0.717) is 35.7 Å². The highest BCUT2D eigenvalue weighted by molar-refractivity contribution is 7.47. The Balaban J connectivity index is 1.03. The molecule has 2 amide bonds. The number of amides is 2. The smallest absolute Gasteiger partial charge is 0.406 e. The van der Waals surface area contributed by atoms with E-state index in [0.717, 1.165) is 54.6 Å². The topological polar surface area (TPSA) is 97.9 Å². The summed E-state index contributed by atoms with van der Waals surface area (Å²) in [5.41, 5.74) is 4.23. The molecule has 0 saturated carbocycles. The third kappa shape index (κ3) is 8.03. The molecule has 284 valence electrons. The number of alkyl halides is 4. The average Bonchev–Trinajstić information content (AvgIpc) is 3.47. The number of halogens is 4. The van der Waals surface area contributed by atoms with Crippen LogP contribution in [0.15, 0.2) is 97.1 Å². The van der Waals surface area contributed by atoms with Crippen molar-refractivity contribution in [3.05, 3.63) is 114 Å². The summed E-state index contributed by atoms with van der Waals surface area (Å²) in [6, 6.07) is 27.6. The lowest BCUT2D eigenvalue weighted by Gasteiger charge is -2.41. The van der Waals surface area contributed by atoms with Crippen LogP contribution in [-0.4, -0.2) is 63.0 Å². The Morgan fingerprint density at radius 1 is 0.852 bits per heavy atom. The van der Waals surface area contributed by atoms with Gasteiger partial charge in [-0.25, -0.2) is 4.39 Å². The fourth-order valence-electron chi connectivity index (χ4n) is 8.14. The van der Waals surface area contributed by atoms with Crippen LogP contribution < -0.4 is 20.7 Å². The highest BCUT2D eigenvalue weighted by Gasteiger charge is 2.48. The molecule has 3 aliphatic rings. The zero-order valence-electron chi connectivity index (χ0n) is 29.5. The molecule has 0 radical (unpaired) electrons. The zero-order chi connectivity index (χ0) is 37.7. The maximum Gasteiger partial charge on any atom is 0.573 e. The van der Waals surface area contributed by atoms with E-state index in [1.54, 1.807) is 24.3 Å². The van der Waals surface area contributed by atoms with Crippen molar-refractivity contribution >= 4 is 20.2 Å². The zero-order valence-corrected chi connectivity index (χ0v) is 30.4. The predicted octanol–water partition coefficient (Wildman–Crippen LogP) is 8.26. The molecule has 0 spiro atoms. The molecule has 0 aromatic heterocycles. The second kappa shape index (κ2) is 16.6. The van der Waals surface area contributed by atoms with Crippen molar-refractivity contribution in [1.29, 1.82) is 0 Å². The predicted molar refractivity (Wildman–Crippen MR) is 199 cm³/mol. The van der Waals surface area contributed by atoms with Crippen molar-refractivity contribution < 1.29 is 40.9 Å². The van der Waals surface area contributed by atoms with E-state index >= 15 is 0 Å². The standard InChI is InChI=1S/C41H42F4N3O5P/c42-26-47-39(50)40(34-13-5-3-10-31(34)32-11-4-6-14-35(32)40)21-7-8-24-54-51-25-36(37(53-54)28-19-22-46-23-20-28)48-38(49)33-12-2-1-9-30(33)27-15-17-29(18-16-27)52-41(43,44)45/h1-6,9-18,28,36-37,46H,7-8,19-26H2,(H,47,50)(H,48,49). The first-order chi connectivity index (χ1) is 26.2. The molecule has 13 heteroatoms. The molecule has 4 aromatic carbocycles. The molecule has 2 heterocycles. The van der Waals surface area contributed by atoms with Gasteiger partial charge in [0.15, 0.2) is 15.2 Å². The molecular formula is C41H42F4N3O5P. The minimum absolute atomic E-state index is 0.195. The summed E-state index contributed by atoms with van der Waals surface area (Å²) in [5.74, 6) is -0.836. The third-order valence-corrected chi connectivity index (χ3v) is 12.2. The first-order valence-corrected chi connectivity index (χ1v) is 19.6. The Labute approximate surface area is 312 Å². The molecule has 3 N–H and O–H groups in total. The van der Waals surface area contributed by atoms with E-state index in [2.05, 4.69) is 20.7 Å². The molecule has 3 unspecified atom stereocenters. The molecule has 1 aliphatic carbocycles. The van der Waals surface area contributed by atoms with Crippen molar-refractivity contribution in [1.82, 2.24) is 16.0 Å². The molecule has 7 rings (SSSR count). The first-order valence-electron chi connectivity index (χ1n) is 18.3. The molecule has 2 saturated heterocycles. The Kier molecular flexibility index (Phi) is 11.6. The average molecular weight is 764 g/mol. The van der Waals surface area contributed by atoms with Crippen LogP contribution in [0.25, 0.3) is 22.3 Å². The van der Waals surface area contributed by atoms with Crippen LogP contribution >= 0.6 is 8.38 Å². The fraction of sp³-hybridized carbons (Fsp3) is 0.366. The lowest BCUT2D eigenvalue weighted by atomic mass is 9.73. The van der Waals surface area contributed by atoms with Gasteiger partial charge in [-0.3, -0.25) is 9.59 Å². The van der Waals surface area contributed by atoms with Gasteiger partial charge >= 0.3 is 6.36 Å². The highest BCUT2D eigenvalue weighted by Crippen LogP contribution is 2.52. The van der Waals surface area contributed by atoms with Gasteiger partial charge in [-0.2, -0.15) is 0 Å². The van der Waals surface area contributed by atoms with Crippen LogP contribution in [0.3, 0.4) is 0 Å². The Morgan fingerprint density at radius 3 is 2.13 bits per heavy atom. The van der Waals surface area contributed by atoms with Crippen molar-refractivity contribution in [2.45, 2.75) is 56.0 Å². The van der Waals surface area contributed by atoms with Gasteiger partial charge in [0.05, 0.1) is 18.8 Å². The summed E-state index contributed by atoms with van der Waals surface area (Å²) in [7, 11) is -1.29. The summed E-state index contributed by atoms with van der Waals surface area (Å²) in [4.78, 5) is 27.6. The second-order valence-electron chi connectivity index (χ2n) is 13.8. The molecule has 54 heavy (non-hydrogen) atoms. The third-order valence-electron chi connectivity index (χ3n) is 10.6. The van der Waals surface area contributed by atoms with Gasteiger partial charge in [0.25, 0.3) is 5.91 Å². The summed E-state index contributed by atoms with van der Waals surface area (Å²) >= 11 is 0. The fourth-order valence-corrected chi connectivity index (χ4v) is 9.83. The van der Waals surface area contributed by atoms with Gasteiger partial charge in [-0.05, 0) is 96.3 Å². The lowest BCUT2D eigenvalue weighted by molar-refractivity contribution is -0.274. The van der Waals surface area contributed by atoms with Gasteiger partial charge in [-0.1, -0.05) is 85.3 Å². The number of ether oxygens (including phenoxy) is 1. The van der Waals surface area contributed by atoms with Crippen molar-refractivity contribution in [2.24, 2.45) is 5.92 Å². The Morgan fingerprint density at radius 2 is 1.48 bits per heavy atom. The van der Waals surface area contributed by atoms with Crippen LogP contribution in [-0.2, 0) is 19.3 Å². The number of hydrogen-bond acceptors (Lipinski definition) is 6. The number of carbonyl (C=O) groups is 2. The molecule has 0 bridgehead atoms. The SMILES string of the molecule is O=C(NC1COP(CCCCC2(C(=O)NCF)c3ccccc3-c3ccccc32)OC1C1CCNCC1)c1ccccc1-c1ccc(OC(F)(F)F)cc1. The van der Waals surface area contributed by atoms with Crippen LogP contribution in [0, 0.1) is 5.92 Å². The van der Waals surface area contributed by atoms with E-state index in [9.17, 15) is 27.2 Å². The second-order valence-corrected chi connectivity index (χ2v) is 15.4. The van der Waals surface area contributed by atoms with Crippen molar-refractivity contribution in [3.63, 3.8) is 0 Å². The van der Waals surface area contributed by atoms with Gasteiger partial charge in [-0.15, -0.1) is 13.2 Å². The van der Waals surface area contributed by atoms with Crippen molar-refractivity contribution in [2.75, 3.05) is 32.7 Å². The number of rotatable bonds is 12. The molecule has 2 fully saturated rings. The molecule has 8 nitrogen and oxygen atoms in total. The maximum atomic E-state index is 13.9. The number of benzene rings is 4. The minimum Gasteiger partial charge on any atom is -0.406 e. The number of nitrogens with one attached hydrogen (secondary N) is 3. The highest BCUT2D eigenvalue weighted by atomic mass is 31.2. The van der Waals surface area contributed by atoms with Crippen molar-refractivity contribution in [3.8, 4) is 28.0 Å². The quantitative estimate of drug-likeness (QED) is 0.0582. The summed E-state index contributed by atoms with van der Waals surface area (Å²) in [5, 5.41) is 9.02. The summed E-state index contributed by atoms with van der Waals surface area (Å²) in [6.07, 6.45) is -0.799. The lowest BCUT2D eigenvalue weighted by Crippen LogP contribution is -2.53. The van der Waals surface area contributed by atoms with E-state index in [-0.39, 0.29) is 36.2 Å². The molecule has 2 aliphatic heterocycles. The maximum absolute atomic E-state index is 13.9. The molecule has 4 aromatic rings. The van der Waals surface area contributed by atoms with E-state index < -0.39 is 33.0 Å². The number of piperidine rings is 1. The van der Waals surface area contributed by atoms with Gasteiger partial charge in [0.2, 0.25) is 5.91 Å². The van der Waals surface area contributed by atoms with Gasteiger partial charge in [0, 0.05) is 11.7 Å². The molecular weight excluding hydrogens is 721 g/mol. The number of unbranched alkanes of at least 4 members (excludes halogenated alkanes) is 1. The largest absolute Gasteiger partial charge is 0.573 e. The van der Waals surface area contributed by atoms with E-state index in [1.165, 1.54) is 24.3 Å². The minimum atomic E-state index is -4.80. The van der Waals surface area contributed by atoms with E-state index in [4.69, 9.17) is 9.05 Å². The first kappa shape index (κ1) is 37.9. The van der Waals surface area contributed by atoms with Crippen LogP contribution in [0.5, 0.6) is 5.75 Å². The Hall–Kier alpha value is -4.35. The van der Waals surface area contributed by atoms with E-state index in [1.807, 2.05) is 48.5 Å². The van der Waals surface area contributed by atoms with Gasteiger partial charge < -0.3 is 29.7 Å². The van der Waals surface area contributed by atoms with Crippen LogP contribution in [0.2, 0.25) is 0 Å². The number of fused-ring (bicyclic) bond motifs is 3. The monoisotopic (exact) mass is 763 g/mol. The number of carbonyl (C=O) groups excluding carboxylic acids is 2. The molecule has 3 atom stereocenters. The number of hydrogen-bond donors (Lipinski definition) is 3. The Bertz CT molecular complexity index is 1890. The summed E-state index contributed by atoms with van der Waals surface area (Å²) < 4.78 is 68.7. The van der Waals surface area contributed by atoms with Crippen LogP contribution in [0.1, 0.15) is 53.6 Å². The van der Waals surface area contributed by atoms with Crippen LogP contribution in [0.4, 0.5) is 17.6 Å². The summed E-state index contributed by atoms with van der Waals surface area (Å²) in [6.45, 7) is 0.994.